The van der Waals surface area contributed by atoms with Crippen LogP contribution in [0.1, 0.15) is 30.1 Å². The van der Waals surface area contributed by atoms with Gasteiger partial charge in [0, 0.05) is 23.4 Å². The average molecular weight is 525 g/mol. The fourth-order valence-corrected chi connectivity index (χ4v) is 5.01. The van der Waals surface area contributed by atoms with Gasteiger partial charge in [-0.25, -0.2) is 22.7 Å². The highest BCUT2D eigenvalue weighted by Gasteiger charge is 2.34. The highest BCUT2D eigenvalue weighted by molar-refractivity contribution is 7.89. The molecule has 1 aliphatic heterocycles. The zero-order valence-electron chi connectivity index (χ0n) is 19.9. The Morgan fingerprint density at radius 1 is 1.00 bits per heavy atom. The van der Waals surface area contributed by atoms with Crippen LogP contribution in [0.4, 0.5) is 20.6 Å². The van der Waals surface area contributed by atoms with Gasteiger partial charge >= 0.3 is 6.03 Å². The number of carbonyl (C=O) groups excluding carboxylic acids is 3. The van der Waals surface area contributed by atoms with E-state index < -0.39 is 33.8 Å². The number of halogens is 1. The monoisotopic (exact) mass is 524 g/mol. The molecule has 0 aromatic heterocycles. The molecule has 4 N–H and O–H groups in total. The molecule has 1 saturated heterocycles. The van der Waals surface area contributed by atoms with Crippen molar-refractivity contribution < 1.29 is 27.2 Å². The van der Waals surface area contributed by atoms with Crippen LogP contribution in [0.2, 0.25) is 0 Å². The van der Waals surface area contributed by atoms with Crippen LogP contribution < -0.4 is 15.8 Å². The summed E-state index contributed by atoms with van der Waals surface area (Å²) in [5.74, 6) is -1.47. The molecule has 1 atom stereocenters. The molecule has 1 aliphatic rings. The number of Topliss-reactive ketones (excluding diaryl/α,β-unsaturated/α-hetero) is 1. The molecule has 3 aromatic rings. The summed E-state index contributed by atoms with van der Waals surface area (Å²) in [7, 11) is -4.03. The topological polar surface area (TPSA) is 139 Å². The second-order valence-corrected chi connectivity index (χ2v) is 10.2. The van der Waals surface area contributed by atoms with Crippen molar-refractivity contribution >= 4 is 39.1 Å². The van der Waals surface area contributed by atoms with Gasteiger partial charge in [-0.3, -0.25) is 9.59 Å². The van der Waals surface area contributed by atoms with Gasteiger partial charge in [-0.1, -0.05) is 36.4 Å². The van der Waals surface area contributed by atoms with Gasteiger partial charge in [-0.2, -0.15) is 0 Å². The first-order chi connectivity index (χ1) is 17.5. The molecule has 9 nitrogen and oxygen atoms in total. The normalized spacial score (nSPS) is 15.3. The fraction of sp³-hybridized carbons (Fsp3) is 0.192. The average Bonchev–Trinajstić information content (AvgIpc) is 3.35. The highest BCUT2D eigenvalue weighted by Crippen LogP contribution is 2.30. The van der Waals surface area contributed by atoms with Gasteiger partial charge in [-0.05, 0) is 55.7 Å². The van der Waals surface area contributed by atoms with Crippen LogP contribution in [0.25, 0.3) is 11.1 Å². The summed E-state index contributed by atoms with van der Waals surface area (Å²) in [6, 6.07) is 15.0. The summed E-state index contributed by atoms with van der Waals surface area (Å²) in [6.45, 7) is 1.76. The summed E-state index contributed by atoms with van der Waals surface area (Å²) < 4.78 is 38.7. The van der Waals surface area contributed by atoms with Crippen molar-refractivity contribution in [1.29, 1.82) is 0 Å². The van der Waals surface area contributed by atoms with Crippen molar-refractivity contribution in [1.82, 2.24) is 4.90 Å². The molecule has 3 amide bonds. The molecule has 192 valence electrons. The third kappa shape index (κ3) is 5.84. The van der Waals surface area contributed by atoms with Gasteiger partial charge in [0.15, 0.2) is 5.78 Å². The third-order valence-electron chi connectivity index (χ3n) is 6.07. The fourth-order valence-electron chi connectivity index (χ4n) is 4.25. The summed E-state index contributed by atoms with van der Waals surface area (Å²) in [5, 5.41) is 10.5. The number of likely N-dealkylation sites (tertiary alicyclic amines) is 1. The van der Waals surface area contributed by atoms with Gasteiger partial charge in [0.25, 0.3) is 0 Å². The van der Waals surface area contributed by atoms with Crippen molar-refractivity contribution in [3.63, 3.8) is 0 Å². The van der Waals surface area contributed by atoms with Crippen LogP contribution >= 0.6 is 0 Å². The molecular weight excluding hydrogens is 499 g/mol. The third-order valence-corrected chi connectivity index (χ3v) is 7.04. The number of amides is 3. The van der Waals surface area contributed by atoms with Crippen molar-refractivity contribution in [2.75, 3.05) is 17.2 Å². The Kier molecular flexibility index (Phi) is 7.37. The Morgan fingerprint density at radius 3 is 2.46 bits per heavy atom. The first-order valence-electron chi connectivity index (χ1n) is 11.5. The number of anilines is 2. The molecule has 1 heterocycles. The van der Waals surface area contributed by atoms with Gasteiger partial charge in [0.1, 0.15) is 11.9 Å². The van der Waals surface area contributed by atoms with E-state index in [0.29, 0.717) is 30.6 Å². The molecule has 37 heavy (non-hydrogen) atoms. The largest absolute Gasteiger partial charge is 0.322 e. The summed E-state index contributed by atoms with van der Waals surface area (Å²) >= 11 is 0. The van der Waals surface area contributed by atoms with Gasteiger partial charge < -0.3 is 15.5 Å². The number of carbonyl (C=O) groups is 3. The Labute approximate surface area is 213 Å². The molecule has 0 radical (unpaired) electrons. The first-order valence-corrected chi connectivity index (χ1v) is 13.0. The zero-order valence-corrected chi connectivity index (χ0v) is 20.7. The number of nitrogens with one attached hydrogen (secondary N) is 2. The number of nitrogens with zero attached hydrogens (tertiary/aromatic N) is 1. The lowest BCUT2D eigenvalue weighted by molar-refractivity contribution is -0.119. The molecule has 0 spiro atoms. The summed E-state index contributed by atoms with van der Waals surface area (Å²) in [6.07, 6.45) is 0.985. The van der Waals surface area contributed by atoms with Crippen molar-refractivity contribution in [2.24, 2.45) is 5.14 Å². The predicted molar refractivity (Wildman–Crippen MR) is 137 cm³/mol. The molecule has 1 unspecified atom stereocenters. The van der Waals surface area contributed by atoms with E-state index in [1.165, 1.54) is 42.2 Å². The minimum Gasteiger partial charge on any atom is -0.322 e. The predicted octanol–water partition coefficient (Wildman–Crippen LogP) is 3.98. The smallest absolute Gasteiger partial charge is 0.322 e. The number of primary sulfonamides is 1. The van der Waals surface area contributed by atoms with Crippen molar-refractivity contribution in [2.45, 2.75) is 30.7 Å². The summed E-state index contributed by atoms with van der Waals surface area (Å²) in [5.41, 5.74) is 1.26. The molecule has 3 aromatic carbocycles. The lowest BCUT2D eigenvalue weighted by Crippen LogP contribution is -2.45. The Hall–Kier alpha value is -4.09. The lowest BCUT2D eigenvalue weighted by atomic mass is 10.0. The van der Waals surface area contributed by atoms with Crippen molar-refractivity contribution in [3.8, 4) is 11.1 Å². The standard InChI is InChI=1S/C26H25FN4O5S/c1-16(32)17-6-4-7-19(14-17)29-26(34)31-13-5-9-23(31)25(33)30-22-12-11-18(15-21(22)27)20-8-2-3-10-24(20)37(28,35)36/h2-4,6-8,10-12,14-15,23H,5,9,13H2,1H3,(H,29,34)(H,30,33)(H2,28,35,36). The number of ketones is 1. The Morgan fingerprint density at radius 2 is 1.76 bits per heavy atom. The highest BCUT2D eigenvalue weighted by atomic mass is 32.2. The van der Waals surface area contributed by atoms with Gasteiger partial charge in [-0.15, -0.1) is 0 Å². The Bertz CT molecular complexity index is 1490. The summed E-state index contributed by atoms with van der Waals surface area (Å²) in [4.78, 5) is 38.7. The molecule has 1 fully saturated rings. The van der Waals surface area contributed by atoms with Gasteiger partial charge in [0.2, 0.25) is 15.9 Å². The molecule has 4 rings (SSSR count). The van der Waals surface area contributed by atoms with Crippen LogP contribution in [-0.4, -0.2) is 43.6 Å². The maximum atomic E-state index is 14.9. The van der Waals surface area contributed by atoms with Crippen LogP contribution in [0.5, 0.6) is 0 Å². The molecule has 0 aliphatic carbocycles. The van der Waals surface area contributed by atoms with Crippen molar-refractivity contribution in [3.05, 3.63) is 78.1 Å². The number of sulfonamides is 1. The zero-order chi connectivity index (χ0) is 26.7. The van der Waals surface area contributed by atoms with E-state index in [4.69, 9.17) is 5.14 Å². The van der Waals surface area contributed by atoms with Crippen LogP contribution in [0.15, 0.2) is 71.6 Å². The van der Waals surface area contributed by atoms with E-state index in [1.807, 2.05) is 0 Å². The van der Waals surface area contributed by atoms with Crippen LogP contribution in [0, 0.1) is 5.82 Å². The minimum atomic E-state index is -4.03. The second-order valence-electron chi connectivity index (χ2n) is 8.64. The number of rotatable bonds is 6. The SMILES string of the molecule is CC(=O)c1cccc(NC(=O)N2CCCC2C(=O)Nc2ccc(-c3ccccc3S(N)(=O)=O)cc2F)c1. The molecule has 0 saturated carbocycles. The number of nitrogens with two attached hydrogens (primary N) is 1. The maximum absolute atomic E-state index is 14.9. The first kappa shape index (κ1) is 26.0. The van der Waals surface area contributed by atoms with Gasteiger partial charge in [0.05, 0.1) is 10.6 Å². The van der Waals surface area contributed by atoms with E-state index in [-0.39, 0.29) is 27.5 Å². The lowest BCUT2D eigenvalue weighted by Gasteiger charge is -2.24. The quantitative estimate of drug-likeness (QED) is 0.419. The molecule has 0 bridgehead atoms. The molecule has 11 heteroatoms. The van der Waals surface area contributed by atoms with Crippen LogP contribution in [-0.2, 0) is 14.8 Å². The van der Waals surface area contributed by atoms with E-state index in [9.17, 15) is 27.2 Å². The maximum Gasteiger partial charge on any atom is 0.322 e. The van der Waals surface area contributed by atoms with E-state index in [0.717, 1.165) is 6.07 Å². The van der Waals surface area contributed by atoms with E-state index in [2.05, 4.69) is 10.6 Å². The van der Waals surface area contributed by atoms with E-state index >= 15 is 0 Å². The minimum absolute atomic E-state index is 0.108. The Balaban J connectivity index is 1.49. The number of hydrogen-bond acceptors (Lipinski definition) is 5. The van der Waals surface area contributed by atoms with Crippen LogP contribution in [0.3, 0.4) is 0 Å². The number of hydrogen-bond donors (Lipinski definition) is 3. The number of benzene rings is 3. The number of urea groups is 1. The molecular formula is C26H25FN4O5S. The van der Waals surface area contributed by atoms with E-state index in [1.54, 1.807) is 30.3 Å². The second kappa shape index (κ2) is 10.5.